The van der Waals surface area contributed by atoms with Crippen LogP contribution in [0.25, 0.3) is 0 Å². The number of anilines is 1. The van der Waals surface area contributed by atoms with Gasteiger partial charge in [0.2, 0.25) is 0 Å². The molecule has 2 saturated heterocycles. The molecule has 192 valence electrons. The smallest absolute Gasteiger partial charge is 0.185 e. The van der Waals surface area contributed by atoms with Crippen LogP contribution >= 0.6 is 23.6 Å². The average molecular weight is 519 g/mol. The van der Waals surface area contributed by atoms with Gasteiger partial charge in [-0.05, 0) is 56.9 Å². The Kier molecular flexibility index (Phi) is 8.97. The molecule has 0 atom stereocenters. The Hall–Kier alpha value is -1.81. The van der Waals surface area contributed by atoms with E-state index >= 15 is 0 Å². The first-order valence-electron chi connectivity index (χ1n) is 12.8. The lowest BCUT2D eigenvalue weighted by Crippen LogP contribution is -2.48. The molecule has 1 aliphatic carbocycles. The fraction of sp³-hybridized carbons (Fsp3) is 0.615. The van der Waals surface area contributed by atoms with E-state index in [2.05, 4.69) is 34.2 Å². The molecule has 1 saturated carbocycles. The van der Waals surface area contributed by atoms with E-state index in [0.717, 1.165) is 70.3 Å². The predicted octanol–water partition coefficient (Wildman–Crippen LogP) is 3.76. The fourth-order valence-electron chi connectivity index (χ4n) is 5.27. The van der Waals surface area contributed by atoms with Gasteiger partial charge in [-0.15, -0.1) is 11.3 Å². The van der Waals surface area contributed by atoms with Crippen LogP contribution in [0.5, 0.6) is 0 Å². The predicted molar refractivity (Wildman–Crippen MR) is 148 cm³/mol. The Morgan fingerprint density at radius 1 is 0.914 bits per heavy atom. The van der Waals surface area contributed by atoms with Crippen molar-refractivity contribution < 1.29 is 4.39 Å². The fourth-order valence-corrected chi connectivity index (χ4v) is 6.43. The largest absolute Gasteiger partial charge is 0.376 e. The average Bonchev–Trinajstić information content (AvgIpc) is 3.37. The van der Waals surface area contributed by atoms with E-state index in [-0.39, 0.29) is 11.2 Å². The van der Waals surface area contributed by atoms with Gasteiger partial charge >= 0.3 is 0 Å². The summed E-state index contributed by atoms with van der Waals surface area (Å²) < 4.78 is 13.4. The lowest BCUT2D eigenvalue weighted by molar-refractivity contribution is 0.216. The van der Waals surface area contributed by atoms with Gasteiger partial charge < -0.3 is 25.3 Å². The van der Waals surface area contributed by atoms with Gasteiger partial charge in [0.25, 0.3) is 0 Å². The summed E-state index contributed by atoms with van der Waals surface area (Å²) in [5.41, 5.74) is 7.84. The first-order valence-corrected chi connectivity index (χ1v) is 14.0. The quantitative estimate of drug-likeness (QED) is 0.621. The highest BCUT2D eigenvalue weighted by atomic mass is 32.1. The number of nitrogens with two attached hydrogens (primary N) is 1. The van der Waals surface area contributed by atoms with Crippen LogP contribution in [0.3, 0.4) is 0 Å². The van der Waals surface area contributed by atoms with Crippen LogP contribution < -0.4 is 10.6 Å². The van der Waals surface area contributed by atoms with Gasteiger partial charge in [-0.25, -0.2) is 9.37 Å². The van der Waals surface area contributed by atoms with Crippen LogP contribution in [0.15, 0.2) is 29.6 Å². The molecule has 2 N–H and O–H groups in total. The number of rotatable bonds is 3. The van der Waals surface area contributed by atoms with Crippen LogP contribution in [0.4, 0.5) is 9.52 Å². The summed E-state index contributed by atoms with van der Waals surface area (Å²) in [7, 11) is 4.28. The van der Waals surface area contributed by atoms with E-state index in [1.165, 1.54) is 30.5 Å². The highest BCUT2D eigenvalue weighted by Gasteiger charge is 2.38. The van der Waals surface area contributed by atoms with Crippen molar-refractivity contribution in [1.29, 1.82) is 0 Å². The number of aromatic nitrogens is 1. The highest BCUT2D eigenvalue weighted by molar-refractivity contribution is 7.80. The summed E-state index contributed by atoms with van der Waals surface area (Å²) >= 11 is 6.61. The number of hydrogen-bond acceptors (Lipinski definition) is 6. The van der Waals surface area contributed by atoms with E-state index in [9.17, 15) is 4.39 Å². The molecule has 9 heteroatoms. The SMILES string of the molecule is CN1CCN(C(N)=S)CC1.CN1CCN(c2nc(C3(c4ccc(F)cc4)CCCCC3)cs2)CC1. The second-order valence-corrected chi connectivity index (χ2v) is 11.3. The molecule has 2 aromatic rings. The minimum atomic E-state index is -0.161. The Labute approximate surface area is 218 Å². The molecule has 1 aromatic heterocycles. The van der Waals surface area contributed by atoms with Crippen molar-refractivity contribution in [2.75, 3.05) is 71.4 Å². The normalized spacial score (nSPS) is 21.3. The third-order valence-electron chi connectivity index (χ3n) is 7.68. The number of thiazole rings is 1. The van der Waals surface area contributed by atoms with Gasteiger partial charge in [0, 0.05) is 63.2 Å². The first kappa shape index (κ1) is 26.3. The maximum Gasteiger partial charge on any atom is 0.185 e. The number of nitrogens with zero attached hydrogens (tertiary/aromatic N) is 5. The van der Waals surface area contributed by atoms with E-state index in [4.69, 9.17) is 22.9 Å². The van der Waals surface area contributed by atoms with E-state index in [1.807, 2.05) is 17.0 Å². The lowest BCUT2D eigenvalue weighted by atomic mass is 9.67. The lowest BCUT2D eigenvalue weighted by Gasteiger charge is -2.37. The van der Waals surface area contributed by atoms with Crippen LogP contribution in [0.2, 0.25) is 0 Å². The maximum absolute atomic E-state index is 13.4. The van der Waals surface area contributed by atoms with Crippen molar-refractivity contribution in [2.24, 2.45) is 5.73 Å². The second kappa shape index (κ2) is 12.0. The van der Waals surface area contributed by atoms with Crippen molar-refractivity contribution in [3.8, 4) is 0 Å². The molecular formula is C26H39FN6S2. The second-order valence-electron chi connectivity index (χ2n) is 10.1. The monoisotopic (exact) mass is 518 g/mol. The number of halogens is 1. The zero-order valence-corrected chi connectivity index (χ0v) is 22.7. The summed E-state index contributed by atoms with van der Waals surface area (Å²) in [6.07, 6.45) is 5.96. The number of piperazine rings is 2. The van der Waals surface area contributed by atoms with E-state index in [1.54, 1.807) is 23.5 Å². The molecule has 0 amide bonds. The van der Waals surface area contributed by atoms with Gasteiger partial charge in [0.15, 0.2) is 10.2 Å². The number of benzene rings is 1. The number of likely N-dealkylation sites (N-methyl/N-ethyl adjacent to an activating group) is 2. The molecule has 5 rings (SSSR count). The third-order valence-corrected chi connectivity index (χ3v) is 8.83. The topological polar surface area (TPSA) is 51.9 Å². The Morgan fingerprint density at radius 2 is 1.49 bits per heavy atom. The van der Waals surface area contributed by atoms with Gasteiger partial charge in [0.05, 0.1) is 5.69 Å². The molecule has 0 spiro atoms. The van der Waals surface area contributed by atoms with Gasteiger partial charge in [0.1, 0.15) is 5.82 Å². The van der Waals surface area contributed by atoms with Crippen molar-refractivity contribution >= 4 is 33.8 Å². The van der Waals surface area contributed by atoms with Crippen LogP contribution in [-0.2, 0) is 5.41 Å². The molecule has 1 aromatic carbocycles. The summed E-state index contributed by atoms with van der Waals surface area (Å²) in [6, 6.07) is 7.13. The van der Waals surface area contributed by atoms with Gasteiger partial charge in [-0.3, -0.25) is 0 Å². The number of hydrogen-bond donors (Lipinski definition) is 1. The Morgan fingerprint density at radius 3 is 2.06 bits per heavy atom. The highest BCUT2D eigenvalue weighted by Crippen LogP contribution is 2.45. The Balaban J connectivity index is 0.000000243. The summed E-state index contributed by atoms with van der Waals surface area (Å²) in [5, 5.41) is 3.94. The molecule has 3 fully saturated rings. The van der Waals surface area contributed by atoms with Crippen LogP contribution in [0.1, 0.15) is 43.4 Å². The molecule has 3 heterocycles. The molecule has 3 aliphatic rings. The van der Waals surface area contributed by atoms with Crippen LogP contribution in [-0.4, -0.2) is 91.2 Å². The van der Waals surface area contributed by atoms with Crippen LogP contribution in [0, 0.1) is 5.82 Å². The minimum Gasteiger partial charge on any atom is -0.376 e. The molecule has 0 radical (unpaired) electrons. The number of thiocarbonyl (C=S) groups is 1. The zero-order chi connectivity index (χ0) is 24.8. The van der Waals surface area contributed by atoms with Crippen molar-refractivity contribution in [1.82, 2.24) is 19.7 Å². The summed E-state index contributed by atoms with van der Waals surface area (Å²) in [6.45, 7) is 8.38. The van der Waals surface area contributed by atoms with E-state index < -0.39 is 0 Å². The summed E-state index contributed by atoms with van der Waals surface area (Å²) in [4.78, 5) is 14.2. The summed E-state index contributed by atoms with van der Waals surface area (Å²) in [5.74, 6) is -0.161. The standard InChI is InChI=1S/C20H26FN3S.C6H13N3S/c1-23-11-13-24(14-12-23)19-22-18(15-25-19)20(9-3-2-4-10-20)16-5-7-17(21)8-6-16;1-8-2-4-9(5-3-8)6(7)10/h5-8,15H,2-4,9-14H2,1H3;2-5H2,1H3,(H2,7,10). The maximum atomic E-state index is 13.4. The van der Waals surface area contributed by atoms with Crippen molar-refractivity contribution in [3.05, 3.63) is 46.7 Å². The first-order chi connectivity index (χ1) is 16.9. The van der Waals surface area contributed by atoms with Crippen molar-refractivity contribution in [3.63, 3.8) is 0 Å². The molecule has 2 aliphatic heterocycles. The third kappa shape index (κ3) is 6.50. The molecule has 6 nitrogen and oxygen atoms in total. The van der Waals surface area contributed by atoms with E-state index in [0.29, 0.717) is 5.11 Å². The van der Waals surface area contributed by atoms with Gasteiger partial charge in [-0.1, -0.05) is 31.4 Å². The minimum absolute atomic E-state index is 0.0344. The molecule has 0 unspecified atom stereocenters. The Bertz CT molecular complexity index is 943. The van der Waals surface area contributed by atoms with Gasteiger partial charge in [-0.2, -0.15) is 0 Å². The van der Waals surface area contributed by atoms with Crippen molar-refractivity contribution in [2.45, 2.75) is 37.5 Å². The zero-order valence-electron chi connectivity index (χ0n) is 21.1. The molecular weight excluding hydrogens is 479 g/mol. The molecule has 0 bridgehead atoms. The molecule has 35 heavy (non-hydrogen) atoms.